The van der Waals surface area contributed by atoms with Gasteiger partial charge in [0.1, 0.15) is 11.6 Å². The van der Waals surface area contributed by atoms with Gasteiger partial charge < -0.3 is 20.7 Å². The number of rotatable bonds is 6. The molecule has 0 aliphatic rings. The number of aliphatic imine (C=N–C) groups is 1. The van der Waals surface area contributed by atoms with E-state index in [2.05, 4.69) is 20.9 Å². The Bertz CT molecular complexity index is 755. The lowest BCUT2D eigenvalue weighted by atomic mass is 10.2. The molecule has 2 aromatic carbocycles. The Morgan fingerprint density at radius 3 is 2.62 bits per heavy atom. The number of methoxy groups -OCH3 is 1. The number of halogens is 2. The molecular formula is C18H22FIN4O2. The van der Waals surface area contributed by atoms with E-state index in [0.717, 1.165) is 11.3 Å². The molecule has 0 saturated carbocycles. The second kappa shape index (κ2) is 11.3. The zero-order chi connectivity index (χ0) is 18.1. The molecule has 0 aromatic heterocycles. The van der Waals surface area contributed by atoms with Crippen LogP contribution in [0.25, 0.3) is 0 Å². The predicted molar refractivity (Wildman–Crippen MR) is 112 cm³/mol. The Labute approximate surface area is 169 Å². The molecule has 0 spiro atoms. The lowest BCUT2D eigenvalue weighted by Gasteiger charge is -2.13. The number of guanidine groups is 1. The zero-order valence-corrected chi connectivity index (χ0v) is 16.9. The van der Waals surface area contributed by atoms with Crippen LogP contribution in [0.4, 0.5) is 10.1 Å². The minimum Gasteiger partial charge on any atom is -0.496 e. The summed E-state index contributed by atoms with van der Waals surface area (Å²) in [6.07, 6.45) is 0. The van der Waals surface area contributed by atoms with Gasteiger partial charge in [0.05, 0.1) is 13.7 Å². The van der Waals surface area contributed by atoms with E-state index in [0.29, 0.717) is 18.2 Å². The number of ether oxygens (including phenoxy) is 1. The normalized spacial score (nSPS) is 10.5. The second-order valence-corrected chi connectivity index (χ2v) is 5.15. The van der Waals surface area contributed by atoms with Gasteiger partial charge in [0.15, 0.2) is 5.96 Å². The van der Waals surface area contributed by atoms with E-state index in [9.17, 15) is 9.18 Å². The average Bonchev–Trinajstić information content (AvgIpc) is 2.62. The van der Waals surface area contributed by atoms with E-state index in [1.807, 2.05) is 24.3 Å². The van der Waals surface area contributed by atoms with Crippen molar-refractivity contribution in [3.05, 3.63) is 59.9 Å². The lowest BCUT2D eigenvalue weighted by molar-refractivity contribution is -0.115. The van der Waals surface area contributed by atoms with Crippen LogP contribution in [0, 0.1) is 5.82 Å². The van der Waals surface area contributed by atoms with Crippen molar-refractivity contribution < 1.29 is 13.9 Å². The first-order valence-corrected chi connectivity index (χ1v) is 7.74. The van der Waals surface area contributed by atoms with E-state index in [4.69, 9.17) is 4.74 Å². The van der Waals surface area contributed by atoms with Crippen LogP contribution in [0.1, 0.15) is 5.56 Å². The minimum absolute atomic E-state index is 0. The van der Waals surface area contributed by atoms with Gasteiger partial charge in [-0.15, -0.1) is 24.0 Å². The summed E-state index contributed by atoms with van der Waals surface area (Å²) in [5, 5.41) is 8.62. The molecule has 0 saturated heterocycles. The topological polar surface area (TPSA) is 74.8 Å². The monoisotopic (exact) mass is 472 g/mol. The number of carbonyl (C=O) groups is 1. The highest BCUT2D eigenvalue weighted by molar-refractivity contribution is 14.0. The maximum atomic E-state index is 13.1. The molecule has 0 aliphatic heterocycles. The molecule has 8 heteroatoms. The highest BCUT2D eigenvalue weighted by Gasteiger charge is 2.06. The summed E-state index contributed by atoms with van der Waals surface area (Å²) >= 11 is 0. The molecule has 0 heterocycles. The SMILES string of the molecule is CN=C(NCC(=O)Nc1cccc(F)c1)NCc1ccccc1OC.I. The summed E-state index contributed by atoms with van der Waals surface area (Å²) in [6, 6.07) is 13.4. The Hall–Kier alpha value is -2.36. The molecule has 0 fully saturated rings. The molecule has 3 N–H and O–H groups in total. The number of anilines is 1. The van der Waals surface area contributed by atoms with Gasteiger partial charge in [-0.2, -0.15) is 0 Å². The van der Waals surface area contributed by atoms with E-state index in [-0.39, 0.29) is 36.4 Å². The van der Waals surface area contributed by atoms with E-state index in [1.54, 1.807) is 20.2 Å². The molecule has 0 bridgehead atoms. The number of nitrogens with zero attached hydrogens (tertiary/aromatic N) is 1. The van der Waals surface area contributed by atoms with Crippen LogP contribution in [0.15, 0.2) is 53.5 Å². The number of nitrogens with one attached hydrogen (secondary N) is 3. The number of benzene rings is 2. The van der Waals surface area contributed by atoms with Gasteiger partial charge in [-0.1, -0.05) is 24.3 Å². The summed E-state index contributed by atoms with van der Waals surface area (Å²) in [5.41, 5.74) is 1.38. The third kappa shape index (κ3) is 6.87. The van der Waals surface area contributed by atoms with Gasteiger partial charge in [-0.05, 0) is 24.3 Å². The first-order chi connectivity index (χ1) is 12.1. The van der Waals surface area contributed by atoms with Crippen LogP contribution in [-0.2, 0) is 11.3 Å². The van der Waals surface area contributed by atoms with Gasteiger partial charge >= 0.3 is 0 Å². The maximum Gasteiger partial charge on any atom is 0.243 e. The first kappa shape index (κ1) is 21.7. The van der Waals surface area contributed by atoms with Gasteiger partial charge in [-0.3, -0.25) is 9.79 Å². The number of amides is 1. The molecular weight excluding hydrogens is 450 g/mol. The summed E-state index contributed by atoms with van der Waals surface area (Å²) in [4.78, 5) is 16.0. The molecule has 0 unspecified atom stereocenters. The van der Waals surface area contributed by atoms with Crippen molar-refractivity contribution in [2.45, 2.75) is 6.54 Å². The van der Waals surface area contributed by atoms with Crippen LogP contribution in [0.2, 0.25) is 0 Å². The first-order valence-electron chi connectivity index (χ1n) is 7.74. The third-order valence-corrected chi connectivity index (χ3v) is 3.39. The number of hydrogen-bond donors (Lipinski definition) is 3. The Balaban J connectivity index is 0.00000338. The fourth-order valence-electron chi connectivity index (χ4n) is 2.18. The Morgan fingerprint density at radius 1 is 1.15 bits per heavy atom. The Morgan fingerprint density at radius 2 is 1.92 bits per heavy atom. The second-order valence-electron chi connectivity index (χ2n) is 5.15. The largest absolute Gasteiger partial charge is 0.496 e. The molecule has 0 aliphatic carbocycles. The van der Waals surface area contributed by atoms with Gasteiger partial charge in [-0.25, -0.2) is 4.39 Å². The van der Waals surface area contributed by atoms with Crippen molar-refractivity contribution in [1.29, 1.82) is 0 Å². The fourth-order valence-corrected chi connectivity index (χ4v) is 2.18. The van der Waals surface area contributed by atoms with Gasteiger partial charge in [0.25, 0.3) is 0 Å². The van der Waals surface area contributed by atoms with Gasteiger partial charge in [0.2, 0.25) is 5.91 Å². The van der Waals surface area contributed by atoms with Crippen LogP contribution < -0.4 is 20.7 Å². The van der Waals surface area contributed by atoms with Crippen LogP contribution in [0.3, 0.4) is 0 Å². The fraction of sp³-hybridized carbons (Fsp3) is 0.222. The summed E-state index contributed by atoms with van der Waals surface area (Å²) in [5.74, 6) is 0.542. The van der Waals surface area contributed by atoms with Crippen molar-refractivity contribution in [2.24, 2.45) is 4.99 Å². The van der Waals surface area contributed by atoms with Crippen molar-refractivity contribution >= 4 is 41.5 Å². The van der Waals surface area contributed by atoms with E-state index < -0.39 is 5.82 Å². The molecule has 0 radical (unpaired) electrons. The van der Waals surface area contributed by atoms with Gasteiger partial charge in [0, 0.05) is 24.8 Å². The third-order valence-electron chi connectivity index (χ3n) is 3.39. The molecule has 0 atom stereocenters. The molecule has 1 amide bonds. The molecule has 6 nitrogen and oxygen atoms in total. The van der Waals surface area contributed by atoms with Crippen LogP contribution in [-0.4, -0.2) is 32.6 Å². The van der Waals surface area contributed by atoms with Crippen LogP contribution >= 0.6 is 24.0 Å². The standard InChI is InChI=1S/C18H21FN4O2.HI/c1-20-18(21-11-13-6-3-4-9-16(13)25-2)22-12-17(24)23-15-8-5-7-14(19)10-15;/h3-10H,11-12H2,1-2H3,(H,23,24)(H2,20,21,22);1H. The Kier molecular flexibility index (Phi) is 9.42. The highest BCUT2D eigenvalue weighted by atomic mass is 127. The average molecular weight is 472 g/mol. The van der Waals surface area contributed by atoms with E-state index in [1.165, 1.54) is 18.2 Å². The number of hydrogen-bond acceptors (Lipinski definition) is 3. The lowest BCUT2D eigenvalue weighted by Crippen LogP contribution is -2.41. The highest BCUT2D eigenvalue weighted by Crippen LogP contribution is 2.16. The molecule has 2 rings (SSSR count). The number of carbonyl (C=O) groups excluding carboxylic acids is 1. The van der Waals surface area contributed by atoms with E-state index >= 15 is 0 Å². The smallest absolute Gasteiger partial charge is 0.243 e. The maximum absolute atomic E-state index is 13.1. The van der Waals surface area contributed by atoms with Crippen molar-refractivity contribution in [3.63, 3.8) is 0 Å². The minimum atomic E-state index is -0.403. The van der Waals surface area contributed by atoms with Crippen molar-refractivity contribution in [3.8, 4) is 5.75 Å². The number of para-hydroxylation sites is 1. The molecule has 2 aromatic rings. The molecule has 140 valence electrons. The van der Waals surface area contributed by atoms with Crippen molar-refractivity contribution in [2.75, 3.05) is 26.0 Å². The quantitative estimate of drug-likeness (QED) is 0.344. The summed E-state index contributed by atoms with van der Waals surface area (Å²) in [7, 11) is 3.23. The zero-order valence-electron chi connectivity index (χ0n) is 14.6. The van der Waals surface area contributed by atoms with Crippen LogP contribution in [0.5, 0.6) is 5.75 Å². The molecule has 26 heavy (non-hydrogen) atoms. The van der Waals surface area contributed by atoms with Crippen molar-refractivity contribution in [1.82, 2.24) is 10.6 Å². The summed E-state index contributed by atoms with van der Waals surface area (Å²) in [6.45, 7) is 0.497. The summed E-state index contributed by atoms with van der Waals surface area (Å²) < 4.78 is 18.4. The predicted octanol–water partition coefficient (Wildman–Crippen LogP) is 2.76.